The number of nitrogens with one attached hydrogen (secondary N) is 1. The standard InChI is InChI=1S/C15H12BrClF3N/c1-9-2-3-10(14(16)4-9)8-21-13-6-11(15(18,19)20)5-12(17)7-13/h2-7,21H,8H2,1H3. The molecule has 0 fully saturated rings. The zero-order chi connectivity index (χ0) is 15.6. The first-order valence-electron chi connectivity index (χ1n) is 6.12. The predicted octanol–water partition coefficient (Wildman–Crippen LogP) is 6.04. The lowest BCUT2D eigenvalue weighted by molar-refractivity contribution is -0.137. The first kappa shape index (κ1) is 16.2. The minimum absolute atomic E-state index is 0.0512. The monoisotopic (exact) mass is 377 g/mol. The lowest BCUT2D eigenvalue weighted by Crippen LogP contribution is -2.07. The summed E-state index contributed by atoms with van der Waals surface area (Å²) in [6.07, 6.45) is -4.41. The molecule has 112 valence electrons. The second-order valence-corrected chi connectivity index (χ2v) is 5.97. The summed E-state index contributed by atoms with van der Waals surface area (Å²) in [5, 5.41) is 3.01. The van der Waals surface area contributed by atoms with Crippen LogP contribution in [0, 0.1) is 6.92 Å². The van der Waals surface area contributed by atoms with Gasteiger partial charge in [0.15, 0.2) is 0 Å². The average molecular weight is 379 g/mol. The third-order valence-corrected chi connectivity index (χ3v) is 3.87. The van der Waals surface area contributed by atoms with Gasteiger partial charge in [-0.25, -0.2) is 0 Å². The van der Waals surface area contributed by atoms with Gasteiger partial charge in [0.25, 0.3) is 0 Å². The number of alkyl halides is 3. The Morgan fingerprint density at radius 3 is 2.48 bits per heavy atom. The molecule has 2 aromatic rings. The van der Waals surface area contributed by atoms with Crippen molar-refractivity contribution in [2.24, 2.45) is 0 Å². The number of benzene rings is 2. The molecule has 0 bridgehead atoms. The molecule has 0 spiro atoms. The number of aryl methyl sites for hydroxylation is 1. The van der Waals surface area contributed by atoms with Crippen molar-refractivity contribution < 1.29 is 13.2 Å². The van der Waals surface area contributed by atoms with Gasteiger partial charge in [-0.05, 0) is 42.3 Å². The summed E-state index contributed by atoms with van der Waals surface area (Å²) >= 11 is 9.18. The van der Waals surface area contributed by atoms with Crippen molar-refractivity contribution in [1.82, 2.24) is 0 Å². The second-order valence-electron chi connectivity index (χ2n) is 4.67. The van der Waals surface area contributed by atoms with Crippen LogP contribution in [0.25, 0.3) is 0 Å². The van der Waals surface area contributed by atoms with E-state index in [0.29, 0.717) is 12.2 Å². The van der Waals surface area contributed by atoms with Crippen molar-refractivity contribution in [3.05, 3.63) is 62.6 Å². The molecule has 0 aliphatic heterocycles. The summed E-state index contributed by atoms with van der Waals surface area (Å²) in [7, 11) is 0. The first-order chi connectivity index (χ1) is 9.75. The van der Waals surface area contributed by atoms with Crippen molar-refractivity contribution in [2.45, 2.75) is 19.6 Å². The highest BCUT2D eigenvalue weighted by atomic mass is 79.9. The normalized spacial score (nSPS) is 11.5. The van der Waals surface area contributed by atoms with Crippen molar-refractivity contribution in [3.8, 4) is 0 Å². The van der Waals surface area contributed by atoms with E-state index in [1.807, 2.05) is 25.1 Å². The Labute approximate surface area is 134 Å². The zero-order valence-electron chi connectivity index (χ0n) is 11.1. The Kier molecular flexibility index (Phi) is 4.84. The molecule has 0 saturated carbocycles. The summed E-state index contributed by atoms with van der Waals surface area (Å²) in [6, 6.07) is 9.25. The van der Waals surface area contributed by atoms with Gasteiger partial charge in [0.2, 0.25) is 0 Å². The summed E-state index contributed by atoms with van der Waals surface area (Å²) in [6.45, 7) is 2.37. The number of rotatable bonds is 3. The Bertz CT molecular complexity index is 656. The molecule has 0 heterocycles. The van der Waals surface area contributed by atoms with E-state index in [-0.39, 0.29) is 5.02 Å². The Balaban J connectivity index is 2.18. The van der Waals surface area contributed by atoms with E-state index in [0.717, 1.165) is 27.7 Å². The molecule has 0 amide bonds. The highest BCUT2D eigenvalue weighted by Crippen LogP contribution is 2.33. The van der Waals surface area contributed by atoms with Gasteiger partial charge in [0.05, 0.1) is 5.56 Å². The molecule has 2 aromatic carbocycles. The number of anilines is 1. The fourth-order valence-electron chi connectivity index (χ4n) is 1.85. The van der Waals surface area contributed by atoms with E-state index in [9.17, 15) is 13.2 Å². The SMILES string of the molecule is Cc1ccc(CNc2cc(Cl)cc(C(F)(F)F)c2)c(Br)c1. The van der Waals surface area contributed by atoms with E-state index in [2.05, 4.69) is 21.2 Å². The maximum absolute atomic E-state index is 12.7. The van der Waals surface area contributed by atoms with Crippen LogP contribution in [0.1, 0.15) is 16.7 Å². The van der Waals surface area contributed by atoms with Gasteiger partial charge < -0.3 is 5.32 Å². The molecule has 0 aromatic heterocycles. The van der Waals surface area contributed by atoms with Crippen molar-refractivity contribution in [1.29, 1.82) is 0 Å². The molecule has 2 rings (SSSR count). The number of halogens is 5. The third-order valence-electron chi connectivity index (χ3n) is 2.92. The molecule has 6 heteroatoms. The van der Waals surface area contributed by atoms with Crippen LogP contribution in [0.3, 0.4) is 0 Å². The topological polar surface area (TPSA) is 12.0 Å². The molecule has 0 saturated heterocycles. The summed E-state index contributed by atoms with van der Waals surface area (Å²) < 4.78 is 39.1. The van der Waals surface area contributed by atoms with Crippen molar-refractivity contribution in [3.63, 3.8) is 0 Å². The van der Waals surface area contributed by atoms with Gasteiger partial charge in [-0.1, -0.05) is 39.7 Å². The lowest BCUT2D eigenvalue weighted by Gasteiger charge is -2.12. The van der Waals surface area contributed by atoms with Crippen molar-refractivity contribution in [2.75, 3.05) is 5.32 Å². The molecule has 0 atom stereocenters. The Morgan fingerprint density at radius 2 is 1.86 bits per heavy atom. The Morgan fingerprint density at radius 1 is 1.14 bits per heavy atom. The molecule has 0 radical (unpaired) electrons. The van der Waals surface area contributed by atoms with Gasteiger partial charge in [-0.2, -0.15) is 13.2 Å². The molecule has 0 unspecified atom stereocenters. The van der Waals surface area contributed by atoms with Crippen LogP contribution in [-0.4, -0.2) is 0 Å². The molecular weight excluding hydrogens is 367 g/mol. The second kappa shape index (κ2) is 6.28. The summed E-state index contributed by atoms with van der Waals surface area (Å²) in [5.41, 5.74) is 1.63. The van der Waals surface area contributed by atoms with E-state index in [4.69, 9.17) is 11.6 Å². The van der Waals surface area contributed by atoms with Gasteiger partial charge in [-0.15, -0.1) is 0 Å². The van der Waals surface area contributed by atoms with E-state index in [1.165, 1.54) is 6.07 Å². The van der Waals surface area contributed by atoms with E-state index >= 15 is 0 Å². The molecule has 1 nitrogen and oxygen atoms in total. The molecule has 0 aliphatic rings. The smallest absolute Gasteiger partial charge is 0.381 e. The number of hydrogen-bond acceptors (Lipinski definition) is 1. The Hall–Kier alpha value is -1.20. The number of hydrogen-bond donors (Lipinski definition) is 1. The van der Waals surface area contributed by atoms with E-state index in [1.54, 1.807) is 0 Å². The fraction of sp³-hybridized carbons (Fsp3) is 0.200. The third kappa shape index (κ3) is 4.38. The van der Waals surface area contributed by atoms with Crippen LogP contribution in [-0.2, 0) is 12.7 Å². The van der Waals surface area contributed by atoms with Crippen LogP contribution in [0.2, 0.25) is 5.02 Å². The molecule has 21 heavy (non-hydrogen) atoms. The fourth-order valence-corrected chi connectivity index (χ4v) is 2.72. The van der Waals surface area contributed by atoms with Gasteiger partial charge >= 0.3 is 6.18 Å². The van der Waals surface area contributed by atoms with Crippen molar-refractivity contribution >= 4 is 33.2 Å². The van der Waals surface area contributed by atoms with Crippen LogP contribution < -0.4 is 5.32 Å². The maximum Gasteiger partial charge on any atom is 0.416 e. The average Bonchev–Trinajstić information content (AvgIpc) is 2.36. The van der Waals surface area contributed by atoms with Gasteiger partial charge in [-0.3, -0.25) is 0 Å². The van der Waals surface area contributed by atoms with Crippen LogP contribution in [0.5, 0.6) is 0 Å². The quantitative estimate of drug-likeness (QED) is 0.686. The van der Waals surface area contributed by atoms with Crippen LogP contribution >= 0.6 is 27.5 Å². The van der Waals surface area contributed by atoms with Crippen LogP contribution in [0.4, 0.5) is 18.9 Å². The highest BCUT2D eigenvalue weighted by Gasteiger charge is 2.31. The largest absolute Gasteiger partial charge is 0.416 e. The minimum Gasteiger partial charge on any atom is -0.381 e. The predicted molar refractivity (Wildman–Crippen MR) is 82.7 cm³/mol. The summed E-state index contributed by atoms with van der Waals surface area (Å²) in [5.74, 6) is 0. The summed E-state index contributed by atoms with van der Waals surface area (Å²) in [4.78, 5) is 0. The maximum atomic E-state index is 12.7. The van der Waals surface area contributed by atoms with Gasteiger partial charge in [0, 0.05) is 21.7 Å². The highest BCUT2D eigenvalue weighted by molar-refractivity contribution is 9.10. The molecule has 0 aliphatic carbocycles. The van der Waals surface area contributed by atoms with Crippen LogP contribution in [0.15, 0.2) is 40.9 Å². The van der Waals surface area contributed by atoms with E-state index < -0.39 is 11.7 Å². The lowest BCUT2D eigenvalue weighted by atomic mass is 10.1. The van der Waals surface area contributed by atoms with Gasteiger partial charge in [0.1, 0.15) is 0 Å². The molecule has 1 N–H and O–H groups in total. The molecular formula is C15H12BrClF3N. The first-order valence-corrected chi connectivity index (χ1v) is 7.29. The minimum atomic E-state index is -4.41. The zero-order valence-corrected chi connectivity index (χ0v) is 13.4.